The minimum atomic E-state index is -0.198. The van der Waals surface area contributed by atoms with Crippen LogP contribution in [0.25, 0.3) is 0 Å². The number of carbonyl (C=O) groups excluding carboxylic acids is 2. The third-order valence-corrected chi connectivity index (χ3v) is 4.10. The molecule has 24 heavy (non-hydrogen) atoms. The van der Waals surface area contributed by atoms with E-state index in [0.717, 1.165) is 19.4 Å². The molecule has 0 bridgehead atoms. The van der Waals surface area contributed by atoms with Crippen molar-refractivity contribution in [2.75, 3.05) is 20.2 Å². The number of rotatable bonds is 11. The van der Waals surface area contributed by atoms with Crippen molar-refractivity contribution in [2.24, 2.45) is 5.92 Å². The van der Waals surface area contributed by atoms with Gasteiger partial charge < -0.3 is 15.4 Å². The van der Waals surface area contributed by atoms with Crippen LogP contribution in [0.4, 0.5) is 0 Å². The molecule has 2 N–H and O–H groups in total. The zero-order chi connectivity index (χ0) is 17.8. The van der Waals surface area contributed by atoms with Crippen molar-refractivity contribution in [3.05, 3.63) is 29.8 Å². The second-order valence-corrected chi connectivity index (χ2v) is 5.96. The Morgan fingerprint density at radius 2 is 2.00 bits per heavy atom. The number of methoxy groups -OCH3 is 1. The number of benzene rings is 1. The third kappa shape index (κ3) is 7.49. The fourth-order valence-electron chi connectivity index (χ4n) is 2.45. The van der Waals surface area contributed by atoms with Crippen LogP contribution in [0.3, 0.4) is 0 Å². The van der Waals surface area contributed by atoms with Gasteiger partial charge in [0.2, 0.25) is 5.91 Å². The summed E-state index contributed by atoms with van der Waals surface area (Å²) in [5, 5.41) is 5.73. The molecule has 1 rings (SSSR count). The molecule has 1 aromatic rings. The van der Waals surface area contributed by atoms with Gasteiger partial charge in [0.1, 0.15) is 5.75 Å². The maximum atomic E-state index is 12.0. The highest BCUT2D eigenvalue weighted by atomic mass is 16.5. The van der Waals surface area contributed by atoms with E-state index in [2.05, 4.69) is 24.5 Å². The molecule has 0 aliphatic heterocycles. The SMILES string of the molecule is CCCCC(CC)CNC(=O)CCNC(=O)c1cccc(OC)c1. The molecule has 1 unspecified atom stereocenters. The van der Waals surface area contributed by atoms with E-state index >= 15 is 0 Å². The van der Waals surface area contributed by atoms with Crippen LogP contribution in [0.15, 0.2) is 24.3 Å². The molecule has 1 aromatic carbocycles. The van der Waals surface area contributed by atoms with Crippen molar-refractivity contribution in [3.8, 4) is 5.75 Å². The van der Waals surface area contributed by atoms with E-state index in [-0.39, 0.29) is 11.8 Å². The lowest BCUT2D eigenvalue weighted by atomic mass is 9.99. The second-order valence-electron chi connectivity index (χ2n) is 5.96. The highest BCUT2D eigenvalue weighted by Gasteiger charge is 2.10. The molecule has 0 radical (unpaired) electrons. The van der Waals surface area contributed by atoms with E-state index in [1.807, 2.05) is 0 Å². The molecule has 0 heterocycles. The summed E-state index contributed by atoms with van der Waals surface area (Å²) in [5.41, 5.74) is 0.528. The molecule has 2 amide bonds. The summed E-state index contributed by atoms with van der Waals surface area (Å²) in [5.74, 6) is 0.963. The zero-order valence-electron chi connectivity index (χ0n) is 15.1. The van der Waals surface area contributed by atoms with Crippen molar-refractivity contribution < 1.29 is 14.3 Å². The van der Waals surface area contributed by atoms with E-state index in [9.17, 15) is 9.59 Å². The minimum absolute atomic E-state index is 0.0177. The lowest BCUT2D eigenvalue weighted by Crippen LogP contribution is -2.33. The van der Waals surface area contributed by atoms with Crippen LogP contribution in [-0.4, -0.2) is 32.0 Å². The van der Waals surface area contributed by atoms with E-state index in [4.69, 9.17) is 4.74 Å². The molecule has 134 valence electrons. The summed E-state index contributed by atoms with van der Waals surface area (Å²) in [4.78, 5) is 23.9. The predicted molar refractivity (Wildman–Crippen MR) is 96.3 cm³/mol. The quantitative estimate of drug-likeness (QED) is 0.653. The first kappa shape index (κ1) is 20.0. The predicted octanol–water partition coefficient (Wildman–Crippen LogP) is 3.15. The van der Waals surface area contributed by atoms with Crippen LogP contribution in [-0.2, 0) is 4.79 Å². The summed E-state index contributed by atoms with van der Waals surface area (Å²) in [6, 6.07) is 6.95. The molecule has 1 atom stereocenters. The average molecular weight is 334 g/mol. The van der Waals surface area contributed by atoms with Crippen LogP contribution in [0.2, 0.25) is 0 Å². The van der Waals surface area contributed by atoms with E-state index in [1.54, 1.807) is 31.4 Å². The van der Waals surface area contributed by atoms with Crippen LogP contribution >= 0.6 is 0 Å². The van der Waals surface area contributed by atoms with E-state index in [1.165, 1.54) is 12.8 Å². The van der Waals surface area contributed by atoms with Gasteiger partial charge in [0, 0.05) is 25.1 Å². The molecule has 0 saturated carbocycles. The first-order chi connectivity index (χ1) is 11.6. The first-order valence-electron chi connectivity index (χ1n) is 8.79. The number of carbonyl (C=O) groups is 2. The minimum Gasteiger partial charge on any atom is -0.497 e. The van der Waals surface area contributed by atoms with Crippen molar-refractivity contribution >= 4 is 11.8 Å². The number of nitrogens with one attached hydrogen (secondary N) is 2. The largest absolute Gasteiger partial charge is 0.497 e. The lowest BCUT2D eigenvalue weighted by Gasteiger charge is -2.15. The van der Waals surface area contributed by atoms with Gasteiger partial charge in [-0.1, -0.05) is 39.2 Å². The maximum absolute atomic E-state index is 12.0. The summed E-state index contributed by atoms with van der Waals surface area (Å²) >= 11 is 0. The van der Waals surface area contributed by atoms with Crippen molar-refractivity contribution in [3.63, 3.8) is 0 Å². The van der Waals surface area contributed by atoms with Crippen LogP contribution in [0.5, 0.6) is 5.75 Å². The Bertz CT molecular complexity index is 517. The van der Waals surface area contributed by atoms with Gasteiger partial charge in [0.15, 0.2) is 0 Å². The van der Waals surface area contributed by atoms with Crippen molar-refractivity contribution in [2.45, 2.75) is 46.0 Å². The zero-order valence-corrected chi connectivity index (χ0v) is 15.1. The Hall–Kier alpha value is -2.04. The summed E-state index contributed by atoms with van der Waals surface area (Å²) < 4.78 is 5.10. The molecular formula is C19H30N2O3. The molecule has 0 aromatic heterocycles. The maximum Gasteiger partial charge on any atom is 0.251 e. The lowest BCUT2D eigenvalue weighted by molar-refractivity contribution is -0.121. The Balaban J connectivity index is 2.28. The monoisotopic (exact) mass is 334 g/mol. The molecule has 0 saturated heterocycles. The molecule has 0 spiro atoms. The summed E-state index contributed by atoms with van der Waals surface area (Å²) in [7, 11) is 1.56. The van der Waals surface area contributed by atoms with Gasteiger partial charge >= 0.3 is 0 Å². The van der Waals surface area contributed by atoms with E-state index in [0.29, 0.717) is 30.2 Å². The number of ether oxygens (including phenoxy) is 1. The second kappa shape index (κ2) is 11.5. The number of amides is 2. The van der Waals surface area contributed by atoms with Crippen LogP contribution in [0, 0.1) is 5.92 Å². The van der Waals surface area contributed by atoms with Gasteiger partial charge in [-0.25, -0.2) is 0 Å². The number of hydrogen-bond donors (Lipinski definition) is 2. The van der Waals surface area contributed by atoms with Gasteiger partial charge in [-0.2, -0.15) is 0 Å². The van der Waals surface area contributed by atoms with Gasteiger partial charge in [-0.3, -0.25) is 9.59 Å². The van der Waals surface area contributed by atoms with Gasteiger partial charge in [0.05, 0.1) is 7.11 Å². The Kier molecular flexibility index (Phi) is 9.58. The molecule has 0 aliphatic rings. The summed E-state index contributed by atoms with van der Waals surface area (Å²) in [6.07, 6.45) is 4.90. The summed E-state index contributed by atoms with van der Waals surface area (Å²) in [6.45, 7) is 5.38. The highest BCUT2D eigenvalue weighted by molar-refractivity contribution is 5.94. The number of unbranched alkanes of at least 4 members (excludes halogenated alkanes) is 1. The fraction of sp³-hybridized carbons (Fsp3) is 0.579. The first-order valence-corrected chi connectivity index (χ1v) is 8.79. The molecule has 5 nitrogen and oxygen atoms in total. The van der Waals surface area contributed by atoms with Gasteiger partial charge in [-0.15, -0.1) is 0 Å². The van der Waals surface area contributed by atoms with Gasteiger partial charge in [0.25, 0.3) is 5.91 Å². The Labute approximate surface area is 145 Å². The van der Waals surface area contributed by atoms with Gasteiger partial charge in [-0.05, 0) is 30.5 Å². The van der Waals surface area contributed by atoms with E-state index < -0.39 is 0 Å². The standard InChI is InChI=1S/C19H30N2O3/c1-4-6-8-15(5-2)14-21-18(22)11-12-20-19(23)16-9-7-10-17(13-16)24-3/h7,9-10,13,15H,4-6,8,11-12,14H2,1-3H3,(H,20,23)(H,21,22). The highest BCUT2D eigenvalue weighted by Crippen LogP contribution is 2.12. The average Bonchev–Trinajstić information content (AvgIpc) is 2.61. The molecule has 0 fully saturated rings. The Morgan fingerprint density at radius 3 is 2.67 bits per heavy atom. The Morgan fingerprint density at radius 1 is 1.21 bits per heavy atom. The third-order valence-electron chi connectivity index (χ3n) is 4.10. The van der Waals surface area contributed by atoms with Crippen LogP contribution < -0.4 is 15.4 Å². The number of hydrogen-bond acceptors (Lipinski definition) is 3. The van der Waals surface area contributed by atoms with Crippen molar-refractivity contribution in [1.29, 1.82) is 0 Å². The smallest absolute Gasteiger partial charge is 0.251 e. The fourth-order valence-corrected chi connectivity index (χ4v) is 2.45. The topological polar surface area (TPSA) is 67.4 Å². The molecule has 5 heteroatoms. The van der Waals surface area contributed by atoms with Crippen LogP contribution in [0.1, 0.15) is 56.3 Å². The molecule has 0 aliphatic carbocycles. The molecular weight excluding hydrogens is 304 g/mol. The van der Waals surface area contributed by atoms with Crippen molar-refractivity contribution in [1.82, 2.24) is 10.6 Å². The normalized spacial score (nSPS) is 11.6.